The van der Waals surface area contributed by atoms with E-state index in [4.69, 9.17) is 4.74 Å². The van der Waals surface area contributed by atoms with E-state index in [9.17, 15) is 13.2 Å². The van der Waals surface area contributed by atoms with E-state index in [1.165, 1.54) is 20.7 Å². The molecule has 5 rings (SSSR count). The zero-order valence-corrected chi connectivity index (χ0v) is 19.5. The fourth-order valence-corrected chi connectivity index (χ4v) is 6.21. The summed E-state index contributed by atoms with van der Waals surface area (Å²) in [5.74, 6) is 0.235. The normalized spacial score (nSPS) is 15.4. The van der Waals surface area contributed by atoms with Gasteiger partial charge in [-0.05, 0) is 37.3 Å². The van der Waals surface area contributed by atoms with Crippen LogP contribution in [-0.4, -0.2) is 63.6 Å². The molecule has 0 aliphatic carbocycles. The first-order valence-corrected chi connectivity index (χ1v) is 12.9. The van der Waals surface area contributed by atoms with Crippen LogP contribution in [0.5, 0.6) is 0 Å². The third kappa shape index (κ3) is 4.03. The van der Waals surface area contributed by atoms with Crippen LogP contribution in [0.2, 0.25) is 0 Å². The molecule has 0 bridgehead atoms. The average molecular weight is 487 g/mol. The minimum atomic E-state index is -3.61. The number of nitrogens with zero attached hydrogens (tertiary/aromatic N) is 6. The number of rotatable bonds is 6. The molecule has 0 spiro atoms. The highest BCUT2D eigenvalue weighted by Crippen LogP contribution is 2.28. The van der Waals surface area contributed by atoms with Crippen LogP contribution in [0.4, 0.5) is 0 Å². The van der Waals surface area contributed by atoms with Crippen LogP contribution in [0.15, 0.2) is 57.3 Å². The van der Waals surface area contributed by atoms with Crippen molar-refractivity contribution in [1.29, 1.82) is 0 Å². The zero-order valence-electron chi connectivity index (χ0n) is 17.9. The second-order valence-electron chi connectivity index (χ2n) is 7.49. The van der Waals surface area contributed by atoms with E-state index in [2.05, 4.69) is 15.3 Å². The lowest BCUT2D eigenvalue weighted by molar-refractivity contribution is 0.0730. The van der Waals surface area contributed by atoms with Gasteiger partial charge < -0.3 is 9.30 Å². The van der Waals surface area contributed by atoms with Crippen molar-refractivity contribution in [2.24, 2.45) is 0 Å². The monoisotopic (exact) mass is 486 g/mol. The number of thioether (sulfide) groups is 1. The predicted octanol–water partition coefficient (Wildman–Crippen LogP) is 1.93. The summed E-state index contributed by atoms with van der Waals surface area (Å²) in [5, 5.41) is 9.33. The minimum absolute atomic E-state index is 0.214. The van der Waals surface area contributed by atoms with E-state index in [0.29, 0.717) is 54.4 Å². The molecule has 0 unspecified atom stereocenters. The Hall–Kier alpha value is -2.80. The number of hydrogen-bond acceptors (Lipinski definition) is 8. The first-order valence-electron chi connectivity index (χ1n) is 10.5. The number of aryl methyl sites for hydroxylation is 1. The maximum absolute atomic E-state index is 13.0. The topological polar surface area (TPSA) is 112 Å². The highest BCUT2D eigenvalue weighted by Gasteiger charge is 2.27. The standard InChI is InChI=1S/C21H22N6O4S2/c1-2-26-19-8-7-15(33(29,30)25-9-11-31-12-10-25)13-18(19)22-21(26)32-14-27-20(28)16-5-3-4-6-17(16)23-24-27/h3-8,13H,2,9-12,14H2,1H3. The summed E-state index contributed by atoms with van der Waals surface area (Å²) in [4.78, 5) is 17.6. The van der Waals surface area contributed by atoms with Gasteiger partial charge in [0.05, 0.1) is 40.4 Å². The molecule has 10 nitrogen and oxygen atoms in total. The molecule has 3 heterocycles. The Kier molecular flexibility index (Phi) is 5.91. The molecule has 1 fully saturated rings. The number of ether oxygens (including phenoxy) is 1. The summed E-state index contributed by atoms with van der Waals surface area (Å²) < 4.78 is 36.1. The second-order valence-corrected chi connectivity index (χ2v) is 10.3. The van der Waals surface area contributed by atoms with Crippen LogP contribution in [0.25, 0.3) is 21.9 Å². The summed E-state index contributed by atoms with van der Waals surface area (Å²) in [6.07, 6.45) is 0. The quantitative estimate of drug-likeness (QED) is 0.380. The van der Waals surface area contributed by atoms with Crippen LogP contribution in [0.3, 0.4) is 0 Å². The number of fused-ring (bicyclic) bond motifs is 2. The zero-order chi connectivity index (χ0) is 23.0. The molecule has 1 saturated heterocycles. The predicted molar refractivity (Wildman–Crippen MR) is 125 cm³/mol. The van der Waals surface area contributed by atoms with Crippen LogP contribution < -0.4 is 5.56 Å². The number of aromatic nitrogens is 5. The van der Waals surface area contributed by atoms with E-state index < -0.39 is 10.0 Å². The van der Waals surface area contributed by atoms with E-state index in [1.54, 1.807) is 36.4 Å². The number of benzene rings is 2. The number of hydrogen-bond donors (Lipinski definition) is 0. The highest BCUT2D eigenvalue weighted by molar-refractivity contribution is 7.98. The first-order chi connectivity index (χ1) is 16.0. The molecule has 2 aromatic carbocycles. The summed E-state index contributed by atoms with van der Waals surface area (Å²) in [7, 11) is -3.61. The molecular formula is C21H22N6O4S2. The van der Waals surface area contributed by atoms with Crippen molar-refractivity contribution in [2.75, 3.05) is 26.3 Å². The van der Waals surface area contributed by atoms with Crippen molar-refractivity contribution in [3.8, 4) is 0 Å². The molecule has 172 valence electrons. The van der Waals surface area contributed by atoms with Crippen molar-refractivity contribution in [2.45, 2.75) is 29.4 Å². The van der Waals surface area contributed by atoms with Gasteiger partial charge in [0.2, 0.25) is 10.0 Å². The van der Waals surface area contributed by atoms with E-state index in [-0.39, 0.29) is 16.3 Å². The molecule has 4 aromatic rings. The van der Waals surface area contributed by atoms with Gasteiger partial charge >= 0.3 is 0 Å². The SMILES string of the molecule is CCn1c(SCn2nnc3ccccc3c2=O)nc2cc(S(=O)(=O)N3CCOCC3)ccc21. The fraction of sp³-hybridized carbons (Fsp3) is 0.333. The Morgan fingerprint density at radius 3 is 2.67 bits per heavy atom. The van der Waals surface area contributed by atoms with Crippen molar-refractivity contribution in [3.05, 3.63) is 52.8 Å². The van der Waals surface area contributed by atoms with Crippen molar-refractivity contribution in [3.63, 3.8) is 0 Å². The van der Waals surface area contributed by atoms with E-state index in [1.807, 2.05) is 17.6 Å². The van der Waals surface area contributed by atoms with Gasteiger partial charge in [-0.2, -0.15) is 8.99 Å². The fourth-order valence-electron chi connectivity index (χ4n) is 3.83. The van der Waals surface area contributed by atoms with Gasteiger partial charge in [0.1, 0.15) is 5.52 Å². The Balaban J connectivity index is 1.45. The molecule has 0 saturated carbocycles. The molecule has 1 aliphatic rings. The average Bonchev–Trinajstić information content (AvgIpc) is 3.21. The molecular weight excluding hydrogens is 464 g/mol. The van der Waals surface area contributed by atoms with Crippen LogP contribution in [0, 0.1) is 0 Å². The summed E-state index contributed by atoms with van der Waals surface area (Å²) in [6.45, 7) is 4.10. The number of imidazole rings is 1. The Bertz CT molecular complexity index is 1490. The Morgan fingerprint density at radius 1 is 1.09 bits per heavy atom. The van der Waals surface area contributed by atoms with Crippen molar-refractivity contribution in [1.82, 2.24) is 28.9 Å². The van der Waals surface area contributed by atoms with Gasteiger partial charge in [0.15, 0.2) is 5.16 Å². The smallest absolute Gasteiger partial charge is 0.278 e. The third-order valence-electron chi connectivity index (χ3n) is 5.55. The third-order valence-corrected chi connectivity index (χ3v) is 8.39. The lowest BCUT2D eigenvalue weighted by Gasteiger charge is -2.26. The van der Waals surface area contributed by atoms with Gasteiger partial charge in [-0.1, -0.05) is 29.1 Å². The Labute approximate surface area is 194 Å². The molecule has 12 heteroatoms. The van der Waals surface area contributed by atoms with Crippen LogP contribution >= 0.6 is 11.8 Å². The van der Waals surface area contributed by atoms with Gasteiger partial charge in [-0.3, -0.25) is 4.79 Å². The molecule has 0 radical (unpaired) electrons. The molecule has 1 aliphatic heterocycles. The lowest BCUT2D eigenvalue weighted by Crippen LogP contribution is -2.40. The molecule has 0 N–H and O–H groups in total. The first kappa shape index (κ1) is 22.0. The molecule has 2 aromatic heterocycles. The maximum atomic E-state index is 13.0. The maximum Gasteiger partial charge on any atom is 0.278 e. The minimum Gasteiger partial charge on any atom is -0.379 e. The molecule has 0 amide bonds. The van der Waals surface area contributed by atoms with Gasteiger partial charge in [0.25, 0.3) is 5.56 Å². The number of morpholine rings is 1. The van der Waals surface area contributed by atoms with Gasteiger partial charge in [0, 0.05) is 19.6 Å². The Morgan fingerprint density at radius 2 is 1.88 bits per heavy atom. The van der Waals surface area contributed by atoms with Crippen molar-refractivity contribution < 1.29 is 13.2 Å². The number of sulfonamides is 1. The summed E-state index contributed by atoms with van der Waals surface area (Å²) >= 11 is 1.35. The second kappa shape index (κ2) is 8.86. The molecule has 0 atom stereocenters. The lowest BCUT2D eigenvalue weighted by atomic mass is 10.2. The van der Waals surface area contributed by atoms with Crippen LogP contribution in [-0.2, 0) is 27.2 Å². The van der Waals surface area contributed by atoms with Gasteiger partial charge in [-0.15, -0.1) is 5.10 Å². The largest absolute Gasteiger partial charge is 0.379 e. The van der Waals surface area contributed by atoms with E-state index in [0.717, 1.165) is 5.52 Å². The summed E-state index contributed by atoms with van der Waals surface area (Å²) in [5.41, 5.74) is 1.76. The highest BCUT2D eigenvalue weighted by atomic mass is 32.2. The summed E-state index contributed by atoms with van der Waals surface area (Å²) in [6, 6.07) is 12.1. The van der Waals surface area contributed by atoms with Gasteiger partial charge in [-0.25, -0.2) is 13.4 Å². The van der Waals surface area contributed by atoms with Crippen LogP contribution in [0.1, 0.15) is 6.92 Å². The van der Waals surface area contributed by atoms with E-state index >= 15 is 0 Å². The van der Waals surface area contributed by atoms with Crippen molar-refractivity contribution >= 4 is 43.7 Å². The molecule has 33 heavy (non-hydrogen) atoms.